The third-order valence-corrected chi connectivity index (χ3v) is 8.46. The molecule has 0 aromatic heterocycles. The van der Waals surface area contributed by atoms with Gasteiger partial charge >= 0.3 is 0 Å². The zero-order valence-corrected chi connectivity index (χ0v) is 18.7. The molecule has 1 aromatic rings. The lowest BCUT2D eigenvalue weighted by Crippen LogP contribution is -2.34. The van der Waals surface area contributed by atoms with Crippen LogP contribution in [0.5, 0.6) is 5.75 Å². The van der Waals surface area contributed by atoms with Gasteiger partial charge in [-0.1, -0.05) is 24.3 Å². The third-order valence-electron chi connectivity index (χ3n) is 8.46. The molecule has 0 aliphatic heterocycles. The Balaban J connectivity index is 1.31. The molecule has 0 heterocycles. The van der Waals surface area contributed by atoms with Gasteiger partial charge in [0.15, 0.2) is 0 Å². The van der Waals surface area contributed by atoms with Crippen molar-refractivity contribution in [3.63, 3.8) is 0 Å². The Morgan fingerprint density at radius 1 is 0.933 bits per heavy atom. The van der Waals surface area contributed by atoms with Gasteiger partial charge in [-0.15, -0.1) is 6.58 Å². The second kappa shape index (κ2) is 10.2. The molecule has 4 unspecified atom stereocenters. The second-order valence-corrected chi connectivity index (χ2v) is 10.1. The Labute approximate surface area is 182 Å². The van der Waals surface area contributed by atoms with E-state index in [4.69, 9.17) is 4.74 Å². The molecule has 0 bridgehead atoms. The first-order valence-electron chi connectivity index (χ1n) is 12.3. The summed E-state index contributed by atoms with van der Waals surface area (Å²) in [4.78, 5) is 0. The Hall–Kier alpha value is -1.57. The first-order valence-corrected chi connectivity index (χ1v) is 12.3. The first-order chi connectivity index (χ1) is 14.7. The topological polar surface area (TPSA) is 9.23 Å². The van der Waals surface area contributed by atoms with Crippen molar-refractivity contribution in [3.8, 4) is 5.75 Å². The molecule has 2 heteroatoms. The maximum atomic E-state index is 14.8. The number of hydrogen-bond acceptors (Lipinski definition) is 1. The minimum Gasteiger partial charge on any atom is -0.489 e. The van der Waals surface area contributed by atoms with Crippen LogP contribution in [0.15, 0.2) is 43.0 Å². The van der Waals surface area contributed by atoms with Gasteiger partial charge in [0.05, 0.1) is 0 Å². The van der Waals surface area contributed by atoms with E-state index >= 15 is 0 Å². The summed E-state index contributed by atoms with van der Waals surface area (Å²) in [5, 5.41) is 0. The number of ether oxygens (including phenoxy) is 1. The maximum absolute atomic E-state index is 14.8. The molecule has 0 saturated heterocycles. The molecule has 0 N–H and O–H groups in total. The average Bonchev–Trinajstić information content (AvgIpc) is 2.79. The normalized spacial score (nSPS) is 34.5. The lowest BCUT2D eigenvalue weighted by atomic mass is 9.60. The van der Waals surface area contributed by atoms with Crippen LogP contribution in [0.25, 0.3) is 0 Å². The third kappa shape index (κ3) is 5.01. The summed E-state index contributed by atoms with van der Waals surface area (Å²) in [7, 11) is 0. The summed E-state index contributed by atoms with van der Waals surface area (Å²) < 4.78 is 20.4. The van der Waals surface area contributed by atoms with Crippen molar-refractivity contribution >= 4 is 0 Å². The molecule has 4 atom stereocenters. The van der Waals surface area contributed by atoms with Gasteiger partial charge in [-0.3, -0.25) is 0 Å². The zero-order valence-electron chi connectivity index (χ0n) is 18.7. The van der Waals surface area contributed by atoms with E-state index in [0.717, 1.165) is 41.6 Å². The van der Waals surface area contributed by atoms with Gasteiger partial charge in [-0.2, -0.15) is 0 Å². The average molecular weight is 411 g/mol. The molecule has 30 heavy (non-hydrogen) atoms. The fraction of sp³-hybridized carbons (Fsp3) is 0.643. The quantitative estimate of drug-likeness (QED) is 0.431. The van der Waals surface area contributed by atoms with Gasteiger partial charge < -0.3 is 4.74 Å². The molecule has 4 rings (SSSR count). The lowest BCUT2D eigenvalue weighted by Gasteiger charge is -2.45. The van der Waals surface area contributed by atoms with Crippen molar-refractivity contribution in [1.29, 1.82) is 0 Å². The maximum Gasteiger partial charge on any atom is 0.130 e. The van der Waals surface area contributed by atoms with Crippen LogP contribution >= 0.6 is 0 Å². The highest BCUT2D eigenvalue weighted by Gasteiger charge is 2.39. The number of hydrogen-bond donors (Lipinski definition) is 0. The second-order valence-electron chi connectivity index (χ2n) is 10.1. The zero-order chi connectivity index (χ0) is 20.9. The van der Waals surface area contributed by atoms with Crippen LogP contribution in [0.1, 0.15) is 82.6 Å². The van der Waals surface area contributed by atoms with Gasteiger partial charge in [0, 0.05) is 6.07 Å². The predicted octanol–water partition coefficient (Wildman–Crippen LogP) is 8.07. The smallest absolute Gasteiger partial charge is 0.130 e. The molecule has 0 radical (unpaired) electrons. The summed E-state index contributed by atoms with van der Waals surface area (Å²) in [5.74, 6) is 5.28. The minimum absolute atomic E-state index is 0.0795. The molecule has 1 aromatic carbocycles. The van der Waals surface area contributed by atoms with E-state index in [1.807, 2.05) is 31.2 Å². The molecule has 164 valence electrons. The first kappa shape index (κ1) is 21.7. The van der Waals surface area contributed by atoms with E-state index in [0.29, 0.717) is 18.3 Å². The number of allylic oxidation sites excluding steroid dienone is 2. The molecule has 3 fully saturated rings. The monoisotopic (exact) mass is 410 g/mol. The Bertz CT molecular complexity index is 730. The molecule has 0 spiro atoms. The van der Waals surface area contributed by atoms with E-state index in [2.05, 4.69) is 12.7 Å². The number of benzene rings is 1. The van der Waals surface area contributed by atoms with Crippen LogP contribution in [0, 0.1) is 35.4 Å². The summed E-state index contributed by atoms with van der Waals surface area (Å²) in [6.07, 6.45) is 19.4. The highest BCUT2D eigenvalue weighted by Crippen LogP contribution is 2.51. The lowest BCUT2D eigenvalue weighted by molar-refractivity contribution is 0.0744. The van der Waals surface area contributed by atoms with Gasteiger partial charge in [0.25, 0.3) is 0 Å². The van der Waals surface area contributed by atoms with E-state index < -0.39 is 0 Å². The van der Waals surface area contributed by atoms with Crippen LogP contribution in [-0.2, 0) is 0 Å². The van der Waals surface area contributed by atoms with E-state index in [1.165, 1.54) is 57.8 Å². The van der Waals surface area contributed by atoms with Crippen LogP contribution in [0.2, 0.25) is 0 Å². The molecular formula is C28H39FO. The van der Waals surface area contributed by atoms with Crippen molar-refractivity contribution in [3.05, 3.63) is 54.4 Å². The van der Waals surface area contributed by atoms with Gasteiger partial charge in [-0.25, -0.2) is 4.39 Å². The van der Waals surface area contributed by atoms with Gasteiger partial charge in [0.2, 0.25) is 0 Å². The van der Waals surface area contributed by atoms with Crippen molar-refractivity contribution in [1.82, 2.24) is 0 Å². The van der Waals surface area contributed by atoms with Crippen LogP contribution in [0.4, 0.5) is 4.39 Å². The Morgan fingerprint density at radius 2 is 1.60 bits per heavy atom. The number of halogens is 1. The highest BCUT2D eigenvalue weighted by molar-refractivity contribution is 5.31. The van der Waals surface area contributed by atoms with E-state index in [-0.39, 0.29) is 5.82 Å². The Kier molecular flexibility index (Phi) is 7.33. The van der Waals surface area contributed by atoms with Gasteiger partial charge in [0.1, 0.15) is 18.2 Å². The van der Waals surface area contributed by atoms with Crippen LogP contribution < -0.4 is 4.74 Å². The summed E-state index contributed by atoms with van der Waals surface area (Å²) in [6, 6.07) is 5.51. The fourth-order valence-electron chi connectivity index (χ4n) is 6.66. The Morgan fingerprint density at radius 3 is 2.30 bits per heavy atom. The molecule has 0 amide bonds. The SMILES string of the molecule is C=CC1CCC(C2CCC3CC(c4ccc(OC/C=C/C)cc4F)CCC3C2)CC1. The number of rotatable bonds is 6. The molecule has 1 nitrogen and oxygen atoms in total. The highest BCUT2D eigenvalue weighted by atomic mass is 19.1. The van der Waals surface area contributed by atoms with Crippen LogP contribution in [0.3, 0.4) is 0 Å². The molecule has 3 aliphatic rings. The minimum atomic E-state index is -0.0795. The fourth-order valence-corrected chi connectivity index (χ4v) is 6.66. The van der Waals surface area contributed by atoms with Crippen LogP contribution in [-0.4, -0.2) is 6.61 Å². The molecular weight excluding hydrogens is 371 g/mol. The van der Waals surface area contributed by atoms with Crippen molar-refractivity contribution < 1.29 is 9.13 Å². The van der Waals surface area contributed by atoms with Gasteiger partial charge in [-0.05, 0) is 118 Å². The standard InChI is InChI=1S/C28H39FO/c1-3-5-16-30-26-14-15-27(28(29)19-26)25-13-12-23-17-22(10-11-24(23)18-25)21-8-6-20(4-2)7-9-21/h3-5,14-15,19-25H,2,6-13,16-18H2,1H3/b5-3+. The molecule has 3 aliphatic carbocycles. The van der Waals surface area contributed by atoms with Crippen molar-refractivity contribution in [2.45, 2.75) is 77.0 Å². The summed E-state index contributed by atoms with van der Waals surface area (Å²) in [5.41, 5.74) is 0.914. The number of fused-ring (bicyclic) bond motifs is 1. The largest absolute Gasteiger partial charge is 0.489 e. The van der Waals surface area contributed by atoms with E-state index in [9.17, 15) is 4.39 Å². The molecule has 3 saturated carbocycles. The van der Waals surface area contributed by atoms with Crippen molar-refractivity contribution in [2.24, 2.45) is 29.6 Å². The van der Waals surface area contributed by atoms with E-state index in [1.54, 1.807) is 6.07 Å². The summed E-state index contributed by atoms with van der Waals surface area (Å²) >= 11 is 0. The summed E-state index contributed by atoms with van der Waals surface area (Å²) in [6.45, 7) is 6.46. The predicted molar refractivity (Wildman–Crippen MR) is 123 cm³/mol. The van der Waals surface area contributed by atoms with Crippen molar-refractivity contribution in [2.75, 3.05) is 6.61 Å².